The standard InChI is InChI=1S/C20H28N6O2/c1-28-19-8-6-18(7-9-19)24-10-12-25(13-11-24)20(27)17-4-2-16(3-5-17)14-26-15-21-22-23-26/h6-9,15-17H,2-5,10-14H2,1H3. The molecule has 0 N–H and O–H groups in total. The number of ether oxygens (including phenoxy) is 1. The van der Waals surface area contributed by atoms with E-state index in [9.17, 15) is 4.79 Å². The lowest BCUT2D eigenvalue weighted by atomic mass is 9.81. The topological polar surface area (TPSA) is 76.4 Å². The number of carbonyl (C=O) groups excluding carboxylic acids is 1. The quantitative estimate of drug-likeness (QED) is 0.783. The van der Waals surface area contributed by atoms with Crippen molar-refractivity contribution in [3.63, 3.8) is 0 Å². The van der Waals surface area contributed by atoms with Gasteiger partial charge in [0.1, 0.15) is 12.1 Å². The number of piperazine rings is 1. The van der Waals surface area contributed by atoms with E-state index >= 15 is 0 Å². The number of anilines is 1. The van der Waals surface area contributed by atoms with Gasteiger partial charge in [0.2, 0.25) is 5.91 Å². The van der Waals surface area contributed by atoms with Crippen LogP contribution in [0.15, 0.2) is 30.6 Å². The van der Waals surface area contributed by atoms with Gasteiger partial charge in [-0.15, -0.1) is 5.10 Å². The Balaban J connectivity index is 1.24. The molecule has 1 aliphatic heterocycles. The highest BCUT2D eigenvalue weighted by Gasteiger charge is 2.31. The van der Waals surface area contributed by atoms with E-state index in [1.807, 2.05) is 12.1 Å². The van der Waals surface area contributed by atoms with E-state index in [0.29, 0.717) is 11.8 Å². The fraction of sp³-hybridized carbons (Fsp3) is 0.600. The molecule has 1 saturated carbocycles. The van der Waals surface area contributed by atoms with Gasteiger partial charge in [0.15, 0.2) is 0 Å². The van der Waals surface area contributed by atoms with Crippen molar-refractivity contribution in [1.29, 1.82) is 0 Å². The Labute approximate surface area is 165 Å². The summed E-state index contributed by atoms with van der Waals surface area (Å²) < 4.78 is 7.02. The van der Waals surface area contributed by atoms with Crippen molar-refractivity contribution < 1.29 is 9.53 Å². The first-order valence-electron chi connectivity index (χ1n) is 10.1. The maximum absolute atomic E-state index is 13.0. The molecule has 4 rings (SSSR count). The van der Waals surface area contributed by atoms with Crippen molar-refractivity contribution in [2.45, 2.75) is 32.2 Å². The number of hydrogen-bond donors (Lipinski definition) is 0. The summed E-state index contributed by atoms with van der Waals surface area (Å²) in [6.07, 6.45) is 5.76. The Morgan fingerprint density at radius 3 is 2.39 bits per heavy atom. The zero-order valence-electron chi connectivity index (χ0n) is 16.4. The summed E-state index contributed by atoms with van der Waals surface area (Å²) >= 11 is 0. The van der Waals surface area contributed by atoms with Crippen LogP contribution in [0, 0.1) is 11.8 Å². The van der Waals surface area contributed by atoms with Crippen LogP contribution in [0.3, 0.4) is 0 Å². The van der Waals surface area contributed by atoms with Gasteiger partial charge < -0.3 is 14.5 Å². The fourth-order valence-corrected chi connectivity index (χ4v) is 4.36. The van der Waals surface area contributed by atoms with Crippen molar-refractivity contribution in [1.82, 2.24) is 25.1 Å². The lowest BCUT2D eigenvalue weighted by Gasteiger charge is -2.38. The third kappa shape index (κ3) is 4.26. The minimum atomic E-state index is 0.178. The molecule has 0 unspecified atom stereocenters. The molecule has 1 amide bonds. The predicted octanol–water partition coefficient (Wildman–Crippen LogP) is 1.84. The second-order valence-corrected chi connectivity index (χ2v) is 7.76. The number of aromatic nitrogens is 4. The molecule has 1 saturated heterocycles. The summed E-state index contributed by atoms with van der Waals surface area (Å²) in [5.74, 6) is 1.96. The van der Waals surface area contributed by atoms with Crippen LogP contribution < -0.4 is 9.64 Å². The normalized spacial score (nSPS) is 22.9. The maximum Gasteiger partial charge on any atom is 0.225 e. The summed E-state index contributed by atoms with van der Waals surface area (Å²) in [5, 5.41) is 11.3. The molecule has 2 aromatic rings. The van der Waals surface area contributed by atoms with E-state index in [4.69, 9.17) is 4.74 Å². The Bertz CT molecular complexity index is 748. The van der Waals surface area contributed by atoms with E-state index in [0.717, 1.165) is 64.2 Å². The predicted molar refractivity (Wildman–Crippen MR) is 105 cm³/mol. The molecule has 0 spiro atoms. The summed E-state index contributed by atoms with van der Waals surface area (Å²) in [5.41, 5.74) is 1.19. The van der Waals surface area contributed by atoms with Crippen LogP contribution in [0.2, 0.25) is 0 Å². The highest BCUT2D eigenvalue weighted by Crippen LogP contribution is 2.31. The average molecular weight is 384 g/mol. The number of methoxy groups -OCH3 is 1. The highest BCUT2D eigenvalue weighted by molar-refractivity contribution is 5.79. The number of rotatable bonds is 5. The molecule has 8 heteroatoms. The smallest absolute Gasteiger partial charge is 0.225 e. The van der Waals surface area contributed by atoms with E-state index in [1.54, 1.807) is 18.1 Å². The number of nitrogens with zero attached hydrogens (tertiary/aromatic N) is 6. The SMILES string of the molecule is COc1ccc(N2CCN(C(=O)C3CCC(Cn4cnnn4)CC3)CC2)cc1. The third-order valence-corrected chi connectivity index (χ3v) is 6.06. The van der Waals surface area contributed by atoms with Gasteiger partial charge in [-0.2, -0.15) is 0 Å². The number of benzene rings is 1. The van der Waals surface area contributed by atoms with Crippen LogP contribution in [-0.4, -0.2) is 64.3 Å². The molecule has 1 aromatic carbocycles. The monoisotopic (exact) mass is 384 g/mol. The van der Waals surface area contributed by atoms with Gasteiger partial charge in [-0.1, -0.05) is 0 Å². The molecule has 0 radical (unpaired) electrons. The molecule has 150 valence electrons. The summed E-state index contributed by atoms with van der Waals surface area (Å²) in [6.45, 7) is 4.22. The first kappa shape index (κ1) is 18.7. The summed E-state index contributed by atoms with van der Waals surface area (Å²) in [4.78, 5) is 17.4. The van der Waals surface area contributed by atoms with E-state index in [-0.39, 0.29) is 5.92 Å². The van der Waals surface area contributed by atoms with Gasteiger partial charge in [-0.3, -0.25) is 4.79 Å². The number of hydrogen-bond acceptors (Lipinski definition) is 6. The van der Waals surface area contributed by atoms with Crippen molar-refractivity contribution in [3.05, 3.63) is 30.6 Å². The Hall–Kier alpha value is -2.64. The van der Waals surface area contributed by atoms with Gasteiger partial charge in [0, 0.05) is 44.3 Å². The third-order valence-electron chi connectivity index (χ3n) is 6.06. The number of carbonyl (C=O) groups is 1. The minimum Gasteiger partial charge on any atom is -0.497 e. The largest absolute Gasteiger partial charge is 0.497 e. The summed E-state index contributed by atoms with van der Waals surface area (Å²) in [7, 11) is 1.68. The lowest BCUT2D eigenvalue weighted by Crippen LogP contribution is -2.50. The first-order chi connectivity index (χ1) is 13.7. The maximum atomic E-state index is 13.0. The molecule has 0 bridgehead atoms. The Morgan fingerprint density at radius 2 is 1.79 bits per heavy atom. The van der Waals surface area contributed by atoms with Crippen molar-refractivity contribution in [3.8, 4) is 5.75 Å². The average Bonchev–Trinajstić information content (AvgIpc) is 3.27. The van der Waals surface area contributed by atoms with Gasteiger partial charge in [-0.25, -0.2) is 4.68 Å². The van der Waals surface area contributed by atoms with Gasteiger partial charge in [0.25, 0.3) is 0 Å². The van der Waals surface area contributed by atoms with E-state index in [1.165, 1.54) is 5.69 Å². The molecule has 2 heterocycles. The van der Waals surface area contributed by atoms with Crippen molar-refractivity contribution in [2.75, 3.05) is 38.2 Å². The zero-order valence-corrected chi connectivity index (χ0v) is 16.4. The number of tetrazole rings is 1. The minimum absolute atomic E-state index is 0.178. The summed E-state index contributed by atoms with van der Waals surface area (Å²) in [6, 6.07) is 8.14. The second-order valence-electron chi connectivity index (χ2n) is 7.76. The molecular formula is C20H28N6O2. The van der Waals surface area contributed by atoms with Crippen molar-refractivity contribution >= 4 is 11.6 Å². The van der Waals surface area contributed by atoms with Crippen LogP contribution in [-0.2, 0) is 11.3 Å². The van der Waals surface area contributed by atoms with Gasteiger partial charge >= 0.3 is 0 Å². The highest BCUT2D eigenvalue weighted by atomic mass is 16.5. The van der Waals surface area contributed by atoms with Gasteiger partial charge in [0.05, 0.1) is 7.11 Å². The van der Waals surface area contributed by atoms with Crippen LogP contribution in [0.25, 0.3) is 0 Å². The number of amides is 1. The van der Waals surface area contributed by atoms with E-state index < -0.39 is 0 Å². The lowest BCUT2D eigenvalue weighted by molar-refractivity contribution is -0.137. The fourth-order valence-electron chi connectivity index (χ4n) is 4.36. The first-order valence-corrected chi connectivity index (χ1v) is 10.1. The molecule has 0 atom stereocenters. The molecule has 1 aromatic heterocycles. The molecule has 28 heavy (non-hydrogen) atoms. The van der Waals surface area contributed by atoms with E-state index in [2.05, 4.69) is 37.5 Å². The molecule has 2 fully saturated rings. The van der Waals surface area contributed by atoms with Crippen molar-refractivity contribution in [2.24, 2.45) is 11.8 Å². The van der Waals surface area contributed by atoms with Crippen LogP contribution >= 0.6 is 0 Å². The Morgan fingerprint density at radius 1 is 1.07 bits per heavy atom. The molecule has 2 aliphatic rings. The second kappa shape index (κ2) is 8.58. The molecule has 8 nitrogen and oxygen atoms in total. The molecular weight excluding hydrogens is 356 g/mol. The van der Waals surface area contributed by atoms with Crippen LogP contribution in [0.4, 0.5) is 5.69 Å². The molecule has 1 aliphatic carbocycles. The zero-order chi connectivity index (χ0) is 19.3. The van der Waals surface area contributed by atoms with Crippen LogP contribution in [0.1, 0.15) is 25.7 Å². The van der Waals surface area contributed by atoms with Gasteiger partial charge in [-0.05, 0) is 66.3 Å². The Kier molecular flexibility index (Phi) is 5.73. The van der Waals surface area contributed by atoms with Crippen LogP contribution in [0.5, 0.6) is 5.75 Å².